The average molecular weight is 369 g/mol. The van der Waals surface area contributed by atoms with Gasteiger partial charge in [-0.1, -0.05) is 0 Å². The second-order valence-electron chi connectivity index (χ2n) is 6.00. The first-order chi connectivity index (χ1) is 12.9. The van der Waals surface area contributed by atoms with Crippen LogP contribution in [0.3, 0.4) is 0 Å². The molecular weight excluding hydrogens is 350 g/mol. The van der Waals surface area contributed by atoms with E-state index in [4.69, 9.17) is 13.9 Å². The summed E-state index contributed by atoms with van der Waals surface area (Å²) in [5.41, 5.74) is 1.43. The smallest absolute Gasteiger partial charge is 0.355 e. The number of methoxy groups -OCH3 is 1. The van der Waals surface area contributed by atoms with Crippen LogP contribution in [0.4, 0.5) is 0 Å². The van der Waals surface area contributed by atoms with E-state index in [0.717, 1.165) is 5.56 Å². The maximum Gasteiger partial charge on any atom is 0.355 e. The Balaban J connectivity index is 1.73. The third-order valence-corrected chi connectivity index (χ3v) is 4.03. The normalized spacial score (nSPS) is 11.9. The first-order valence-corrected chi connectivity index (χ1v) is 8.25. The van der Waals surface area contributed by atoms with Crippen LogP contribution in [0, 0.1) is 0 Å². The highest BCUT2D eigenvalue weighted by Crippen LogP contribution is 2.25. The summed E-state index contributed by atoms with van der Waals surface area (Å²) >= 11 is 0. The van der Waals surface area contributed by atoms with Gasteiger partial charge in [0, 0.05) is 24.4 Å². The molecule has 1 aromatic carbocycles. The van der Waals surface area contributed by atoms with Gasteiger partial charge < -0.3 is 18.5 Å². The van der Waals surface area contributed by atoms with E-state index in [9.17, 15) is 9.59 Å². The molecule has 0 fully saturated rings. The molecule has 3 rings (SSSR count). The minimum absolute atomic E-state index is 0.126. The van der Waals surface area contributed by atoms with Gasteiger partial charge in [-0.15, -0.1) is 10.2 Å². The third-order valence-electron chi connectivity index (χ3n) is 4.03. The van der Waals surface area contributed by atoms with E-state index >= 15 is 0 Å². The Kier molecular flexibility index (Phi) is 5.07. The number of Topliss-reactive ketones (excluding diaryl/α,β-unsaturated/α-hetero) is 1. The van der Waals surface area contributed by atoms with Gasteiger partial charge in [-0.3, -0.25) is 4.79 Å². The first kappa shape index (κ1) is 18.4. The molecule has 0 N–H and O–H groups in total. The van der Waals surface area contributed by atoms with Crippen molar-refractivity contribution in [2.75, 3.05) is 7.11 Å². The quantitative estimate of drug-likeness (QED) is 0.486. The number of aryl methyl sites for hydroxylation is 1. The lowest BCUT2D eigenvalue weighted by Crippen LogP contribution is -2.12. The molecule has 2 heterocycles. The standard InChI is InChI=1S/C19H19N3O5/c1-11(23)14-9-16(22(3)10-14)19(24)26-12(2)17-20-21-18(27-17)13-5-7-15(25-4)8-6-13/h5-10,12H,1-4H3/t12-/m0/s1. The van der Waals surface area contributed by atoms with Gasteiger partial charge in [-0.25, -0.2) is 4.79 Å². The van der Waals surface area contributed by atoms with Crippen LogP contribution in [0.15, 0.2) is 40.9 Å². The van der Waals surface area contributed by atoms with E-state index in [1.807, 2.05) is 0 Å². The van der Waals surface area contributed by atoms with Crippen LogP contribution >= 0.6 is 0 Å². The molecule has 1 atom stereocenters. The number of aromatic nitrogens is 3. The summed E-state index contributed by atoms with van der Waals surface area (Å²) in [4.78, 5) is 23.8. The fourth-order valence-electron chi connectivity index (χ4n) is 2.48. The zero-order valence-corrected chi connectivity index (χ0v) is 15.4. The summed E-state index contributed by atoms with van der Waals surface area (Å²) in [7, 11) is 3.25. The molecule has 0 aliphatic carbocycles. The van der Waals surface area contributed by atoms with Crippen molar-refractivity contribution in [3.63, 3.8) is 0 Å². The van der Waals surface area contributed by atoms with Gasteiger partial charge in [-0.2, -0.15) is 0 Å². The van der Waals surface area contributed by atoms with E-state index in [-0.39, 0.29) is 17.4 Å². The molecular formula is C19H19N3O5. The summed E-state index contributed by atoms with van der Waals surface area (Å²) in [6.45, 7) is 3.07. The predicted molar refractivity (Wildman–Crippen MR) is 95.5 cm³/mol. The maximum absolute atomic E-state index is 12.4. The van der Waals surface area contributed by atoms with Crippen LogP contribution in [0.5, 0.6) is 5.75 Å². The van der Waals surface area contributed by atoms with Crippen molar-refractivity contribution in [2.45, 2.75) is 20.0 Å². The van der Waals surface area contributed by atoms with Gasteiger partial charge in [0.2, 0.25) is 5.89 Å². The third kappa shape index (κ3) is 3.89. The number of esters is 1. The Morgan fingerprint density at radius 2 is 1.89 bits per heavy atom. The van der Waals surface area contributed by atoms with Crippen LogP contribution in [-0.2, 0) is 11.8 Å². The first-order valence-electron chi connectivity index (χ1n) is 8.25. The van der Waals surface area contributed by atoms with Crippen molar-refractivity contribution in [1.82, 2.24) is 14.8 Å². The summed E-state index contributed by atoms with van der Waals surface area (Å²) in [5, 5.41) is 7.94. The molecule has 8 nitrogen and oxygen atoms in total. The van der Waals surface area contributed by atoms with Crippen LogP contribution < -0.4 is 4.74 Å². The molecule has 0 saturated carbocycles. The number of nitrogens with zero attached hydrogens (tertiary/aromatic N) is 3. The number of ether oxygens (including phenoxy) is 2. The van der Waals surface area contributed by atoms with Gasteiger partial charge in [0.25, 0.3) is 5.89 Å². The van der Waals surface area contributed by atoms with Crippen LogP contribution in [0.2, 0.25) is 0 Å². The highest BCUT2D eigenvalue weighted by molar-refractivity contribution is 5.97. The summed E-state index contributed by atoms with van der Waals surface area (Å²) in [6.07, 6.45) is 0.839. The number of hydrogen-bond donors (Lipinski definition) is 0. The molecule has 8 heteroatoms. The van der Waals surface area contributed by atoms with Gasteiger partial charge in [0.1, 0.15) is 11.4 Å². The number of ketones is 1. The van der Waals surface area contributed by atoms with Crippen molar-refractivity contribution < 1.29 is 23.5 Å². The molecule has 0 unspecified atom stereocenters. The number of benzene rings is 1. The minimum Gasteiger partial charge on any atom is -0.497 e. The van der Waals surface area contributed by atoms with Crippen molar-refractivity contribution in [2.24, 2.45) is 7.05 Å². The van der Waals surface area contributed by atoms with E-state index in [1.54, 1.807) is 56.1 Å². The molecule has 0 radical (unpaired) electrons. The molecule has 0 bridgehead atoms. The second kappa shape index (κ2) is 7.45. The van der Waals surface area contributed by atoms with E-state index in [0.29, 0.717) is 17.2 Å². The number of rotatable bonds is 6. The van der Waals surface area contributed by atoms with Crippen LogP contribution in [0.1, 0.15) is 46.7 Å². The van der Waals surface area contributed by atoms with Crippen molar-refractivity contribution in [3.8, 4) is 17.2 Å². The molecule has 2 aromatic heterocycles. The Bertz CT molecular complexity index is 972. The zero-order chi connectivity index (χ0) is 19.6. The number of hydrogen-bond acceptors (Lipinski definition) is 7. The lowest BCUT2D eigenvalue weighted by atomic mass is 10.2. The molecule has 140 valence electrons. The predicted octanol–water partition coefficient (Wildman–Crippen LogP) is 3.20. The SMILES string of the molecule is COc1ccc(-c2nnc([C@H](C)OC(=O)c3cc(C(C)=O)cn3C)o2)cc1. The van der Waals surface area contributed by atoms with Crippen LogP contribution in [0.25, 0.3) is 11.5 Å². The van der Waals surface area contributed by atoms with Gasteiger partial charge in [0.05, 0.1) is 7.11 Å². The molecule has 27 heavy (non-hydrogen) atoms. The minimum atomic E-state index is -0.743. The zero-order valence-electron chi connectivity index (χ0n) is 15.4. The highest BCUT2D eigenvalue weighted by Gasteiger charge is 2.22. The van der Waals surface area contributed by atoms with E-state index in [2.05, 4.69) is 10.2 Å². The van der Waals surface area contributed by atoms with Gasteiger partial charge in [0.15, 0.2) is 11.9 Å². The lowest BCUT2D eigenvalue weighted by molar-refractivity contribution is 0.0269. The molecule has 0 saturated heterocycles. The summed E-state index contributed by atoms with van der Waals surface area (Å²) < 4.78 is 17.7. The lowest BCUT2D eigenvalue weighted by Gasteiger charge is -2.09. The second-order valence-corrected chi connectivity index (χ2v) is 6.00. The molecule has 0 spiro atoms. The largest absolute Gasteiger partial charge is 0.497 e. The number of carbonyl (C=O) groups is 2. The van der Waals surface area contributed by atoms with Gasteiger partial charge >= 0.3 is 5.97 Å². The average Bonchev–Trinajstić information content (AvgIpc) is 3.29. The molecule has 0 amide bonds. The fraction of sp³-hybridized carbons (Fsp3) is 0.263. The van der Waals surface area contributed by atoms with Crippen LogP contribution in [-0.4, -0.2) is 33.6 Å². The molecule has 3 aromatic rings. The molecule has 0 aliphatic heterocycles. The highest BCUT2D eigenvalue weighted by atomic mass is 16.6. The summed E-state index contributed by atoms with van der Waals surface area (Å²) in [5.74, 6) is 0.497. The Morgan fingerprint density at radius 3 is 2.48 bits per heavy atom. The van der Waals surface area contributed by atoms with E-state index in [1.165, 1.54) is 13.0 Å². The summed E-state index contributed by atoms with van der Waals surface area (Å²) in [6, 6.07) is 8.64. The monoisotopic (exact) mass is 369 g/mol. The topological polar surface area (TPSA) is 96.5 Å². The van der Waals surface area contributed by atoms with Crippen molar-refractivity contribution in [1.29, 1.82) is 0 Å². The molecule has 0 aliphatic rings. The van der Waals surface area contributed by atoms with E-state index < -0.39 is 12.1 Å². The van der Waals surface area contributed by atoms with Crippen molar-refractivity contribution >= 4 is 11.8 Å². The fourth-order valence-corrected chi connectivity index (χ4v) is 2.48. The maximum atomic E-state index is 12.4. The number of carbonyl (C=O) groups excluding carboxylic acids is 2. The Hall–Kier alpha value is -3.42. The Labute approximate surface area is 155 Å². The van der Waals surface area contributed by atoms with Gasteiger partial charge in [-0.05, 0) is 44.2 Å². The Morgan fingerprint density at radius 1 is 1.19 bits per heavy atom. The van der Waals surface area contributed by atoms with Crippen molar-refractivity contribution in [3.05, 3.63) is 53.7 Å².